The number of ether oxygens (including phenoxy) is 1. The normalized spacial score (nSPS) is 11.0. The van der Waals surface area contributed by atoms with Crippen LogP contribution >= 0.6 is 11.3 Å². The Labute approximate surface area is 187 Å². The van der Waals surface area contributed by atoms with Gasteiger partial charge in [0.15, 0.2) is 0 Å². The molecular weight excluding hydrogens is 433 g/mol. The van der Waals surface area contributed by atoms with E-state index in [4.69, 9.17) is 4.74 Å². The number of rotatable bonds is 5. The minimum Gasteiger partial charge on any atom is -0.447 e. The molecule has 2 N–H and O–H groups in total. The molecule has 1 aromatic carbocycles. The highest BCUT2D eigenvalue weighted by Gasteiger charge is 2.15. The van der Waals surface area contributed by atoms with Crippen molar-refractivity contribution >= 4 is 40.5 Å². The minimum atomic E-state index is -0.600. The second-order valence-electron chi connectivity index (χ2n) is 7.31. The Balaban J connectivity index is 1.58. The van der Waals surface area contributed by atoms with Crippen molar-refractivity contribution in [3.8, 4) is 11.3 Å². The van der Waals surface area contributed by atoms with Crippen molar-refractivity contribution < 1.29 is 18.7 Å². The van der Waals surface area contributed by atoms with Crippen molar-refractivity contribution in [2.75, 3.05) is 10.6 Å². The lowest BCUT2D eigenvalue weighted by molar-refractivity contribution is 0.103. The summed E-state index contributed by atoms with van der Waals surface area (Å²) >= 11 is 1.38. The first-order valence-electron chi connectivity index (χ1n) is 9.78. The summed E-state index contributed by atoms with van der Waals surface area (Å²) in [5.74, 6) is -0.427. The third-order valence-electron chi connectivity index (χ3n) is 4.36. The van der Waals surface area contributed by atoms with Gasteiger partial charge in [0.05, 0.1) is 28.6 Å². The summed E-state index contributed by atoms with van der Waals surface area (Å²) < 4.78 is 21.2. The van der Waals surface area contributed by atoms with E-state index in [-0.39, 0.29) is 17.6 Å². The zero-order chi connectivity index (χ0) is 22.8. The van der Waals surface area contributed by atoms with Gasteiger partial charge in [-0.3, -0.25) is 14.5 Å². The van der Waals surface area contributed by atoms with Gasteiger partial charge in [0.25, 0.3) is 5.91 Å². The van der Waals surface area contributed by atoms with Gasteiger partial charge in [0.1, 0.15) is 5.82 Å². The van der Waals surface area contributed by atoms with E-state index >= 15 is 0 Å². The largest absolute Gasteiger partial charge is 0.447 e. The van der Waals surface area contributed by atoms with Gasteiger partial charge >= 0.3 is 6.09 Å². The van der Waals surface area contributed by atoms with E-state index in [2.05, 4.69) is 20.6 Å². The average Bonchev–Trinajstić information content (AvgIpc) is 3.34. The van der Waals surface area contributed by atoms with Gasteiger partial charge in [-0.05, 0) is 51.1 Å². The number of benzene rings is 1. The zero-order valence-corrected chi connectivity index (χ0v) is 18.4. The highest BCUT2D eigenvalue weighted by atomic mass is 32.1. The van der Waals surface area contributed by atoms with Gasteiger partial charge in [-0.15, -0.1) is 11.3 Å². The predicted octanol–water partition coefficient (Wildman–Crippen LogP) is 5.11. The number of carbonyl (C=O) groups excluding carboxylic acids is 2. The van der Waals surface area contributed by atoms with Crippen LogP contribution in [0.5, 0.6) is 0 Å². The number of fused-ring (bicyclic) bond motifs is 1. The number of thiophene rings is 1. The fourth-order valence-electron chi connectivity index (χ4n) is 2.99. The lowest BCUT2D eigenvalue weighted by Crippen LogP contribution is -2.18. The summed E-state index contributed by atoms with van der Waals surface area (Å²) in [6.07, 6.45) is 3.77. The molecule has 2 amide bonds. The number of carbonyl (C=O) groups is 2. The maximum Gasteiger partial charge on any atom is 0.411 e. The first kappa shape index (κ1) is 21.4. The number of anilines is 2. The van der Waals surface area contributed by atoms with E-state index in [0.717, 1.165) is 4.88 Å². The van der Waals surface area contributed by atoms with Crippen molar-refractivity contribution in [3.05, 3.63) is 64.5 Å². The standard InChI is InChI=1S/C22H20FN5O3S/c1-12(2)31-22(30)26-15-9-24-21-27-18(11-28(21)10-15)16-8-14(5-6-17(16)23)25-20(29)19-7-4-13(3)32-19/h4-12H,1-3H3,(H,25,29)(H,26,30). The van der Waals surface area contributed by atoms with Crippen LogP contribution in [0.1, 0.15) is 28.4 Å². The van der Waals surface area contributed by atoms with Crippen molar-refractivity contribution in [1.82, 2.24) is 14.4 Å². The Hall–Kier alpha value is -3.79. The van der Waals surface area contributed by atoms with E-state index in [9.17, 15) is 14.0 Å². The maximum atomic E-state index is 14.6. The number of aromatic nitrogens is 3. The van der Waals surface area contributed by atoms with Crippen molar-refractivity contribution in [3.63, 3.8) is 0 Å². The predicted molar refractivity (Wildman–Crippen MR) is 121 cm³/mol. The second-order valence-corrected chi connectivity index (χ2v) is 8.60. The van der Waals surface area contributed by atoms with Crippen LogP contribution in [-0.2, 0) is 4.74 Å². The first-order valence-corrected chi connectivity index (χ1v) is 10.6. The third-order valence-corrected chi connectivity index (χ3v) is 5.36. The third kappa shape index (κ3) is 4.75. The lowest BCUT2D eigenvalue weighted by atomic mass is 10.1. The molecule has 0 aliphatic rings. The molecule has 3 aromatic heterocycles. The minimum absolute atomic E-state index is 0.212. The molecule has 0 fully saturated rings. The number of hydrogen-bond acceptors (Lipinski definition) is 6. The number of nitrogens with zero attached hydrogens (tertiary/aromatic N) is 3. The quantitative estimate of drug-likeness (QED) is 0.437. The topological polar surface area (TPSA) is 97.6 Å². The van der Waals surface area contributed by atoms with E-state index in [1.54, 1.807) is 36.7 Å². The van der Waals surface area contributed by atoms with Crippen molar-refractivity contribution in [2.45, 2.75) is 26.9 Å². The molecule has 164 valence electrons. The van der Waals surface area contributed by atoms with E-state index in [1.165, 1.54) is 35.7 Å². The molecule has 4 rings (SSSR count). The van der Waals surface area contributed by atoms with Crippen LogP contribution in [0.15, 0.2) is 48.9 Å². The van der Waals surface area contributed by atoms with Gasteiger partial charge in [-0.1, -0.05) is 0 Å². The summed E-state index contributed by atoms with van der Waals surface area (Å²) in [4.78, 5) is 34.4. The number of amides is 2. The van der Waals surface area contributed by atoms with E-state index in [1.807, 2.05) is 13.0 Å². The Morgan fingerprint density at radius 3 is 2.66 bits per heavy atom. The molecule has 10 heteroatoms. The highest BCUT2D eigenvalue weighted by molar-refractivity contribution is 7.14. The van der Waals surface area contributed by atoms with Gasteiger partial charge in [-0.2, -0.15) is 0 Å². The molecule has 0 atom stereocenters. The Kier molecular flexibility index (Phi) is 5.87. The summed E-state index contributed by atoms with van der Waals surface area (Å²) in [5, 5.41) is 5.36. The molecule has 0 aliphatic carbocycles. The number of hydrogen-bond donors (Lipinski definition) is 2. The number of aryl methyl sites for hydroxylation is 1. The molecule has 3 heterocycles. The van der Waals surface area contributed by atoms with Gasteiger partial charge in [0.2, 0.25) is 5.78 Å². The molecule has 0 saturated carbocycles. The van der Waals surface area contributed by atoms with Gasteiger partial charge < -0.3 is 10.1 Å². The van der Waals surface area contributed by atoms with Crippen molar-refractivity contribution in [1.29, 1.82) is 0 Å². The Bertz CT molecular complexity index is 1310. The molecule has 0 unspecified atom stereocenters. The van der Waals surface area contributed by atoms with Gasteiger partial charge in [0, 0.05) is 28.5 Å². The smallest absolute Gasteiger partial charge is 0.411 e. The summed E-state index contributed by atoms with van der Waals surface area (Å²) in [6, 6.07) is 7.90. The summed E-state index contributed by atoms with van der Waals surface area (Å²) in [6.45, 7) is 5.41. The van der Waals surface area contributed by atoms with Crippen molar-refractivity contribution in [2.24, 2.45) is 0 Å². The fourth-order valence-corrected chi connectivity index (χ4v) is 3.75. The monoisotopic (exact) mass is 453 g/mol. The fraction of sp³-hybridized carbons (Fsp3) is 0.182. The van der Waals surface area contributed by atoms with Crippen LogP contribution in [0.2, 0.25) is 0 Å². The first-order chi connectivity index (χ1) is 15.3. The maximum absolute atomic E-state index is 14.6. The molecule has 0 saturated heterocycles. The molecular formula is C22H20FN5O3S. The van der Waals surface area contributed by atoms with Crippen LogP contribution in [-0.4, -0.2) is 32.5 Å². The van der Waals surface area contributed by atoms with Crippen LogP contribution in [0.25, 0.3) is 17.0 Å². The molecule has 0 aliphatic heterocycles. The molecule has 0 bridgehead atoms. The van der Waals surface area contributed by atoms with Crippen LogP contribution in [0, 0.1) is 12.7 Å². The van der Waals surface area contributed by atoms with E-state index < -0.39 is 11.9 Å². The van der Waals surface area contributed by atoms with E-state index in [0.29, 0.717) is 27.7 Å². The average molecular weight is 453 g/mol. The van der Waals surface area contributed by atoms with Crippen LogP contribution in [0.3, 0.4) is 0 Å². The highest BCUT2D eigenvalue weighted by Crippen LogP contribution is 2.27. The molecule has 0 spiro atoms. The molecule has 32 heavy (non-hydrogen) atoms. The lowest BCUT2D eigenvalue weighted by Gasteiger charge is -2.09. The van der Waals surface area contributed by atoms with Crippen LogP contribution in [0.4, 0.5) is 20.6 Å². The molecule has 0 radical (unpaired) electrons. The molecule has 4 aromatic rings. The van der Waals surface area contributed by atoms with Gasteiger partial charge in [-0.25, -0.2) is 19.2 Å². The molecule has 8 nitrogen and oxygen atoms in total. The number of halogens is 1. The van der Waals surface area contributed by atoms with Crippen LogP contribution < -0.4 is 10.6 Å². The Morgan fingerprint density at radius 1 is 1.12 bits per heavy atom. The second kappa shape index (κ2) is 8.75. The Morgan fingerprint density at radius 2 is 1.94 bits per heavy atom. The zero-order valence-electron chi connectivity index (χ0n) is 17.5. The number of imidazole rings is 1. The summed E-state index contributed by atoms with van der Waals surface area (Å²) in [7, 11) is 0. The summed E-state index contributed by atoms with van der Waals surface area (Å²) in [5.41, 5.74) is 1.39. The number of nitrogens with one attached hydrogen (secondary N) is 2. The SMILES string of the molecule is Cc1ccc(C(=O)Nc2ccc(F)c(-c3cn4cc(NC(=O)OC(C)C)cnc4n3)c2)s1.